The summed E-state index contributed by atoms with van der Waals surface area (Å²) >= 11 is 0. The first-order valence-electron chi connectivity index (χ1n) is 10.9. The minimum absolute atomic E-state index is 0.0465. The maximum atomic E-state index is 13.3. The summed E-state index contributed by atoms with van der Waals surface area (Å²) in [5, 5.41) is 6.27. The summed E-state index contributed by atoms with van der Waals surface area (Å²) in [6.07, 6.45) is 0.390. The third-order valence-corrected chi connectivity index (χ3v) is 7.52. The van der Waals surface area contributed by atoms with Crippen LogP contribution in [0.3, 0.4) is 0 Å². The lowest BCUT2D eigenvalue weighted by Crippen LogP contribution is -2.61. The van der Waals surface area contributed by atoms with Crippen molar-refractivity contribution in [1.29, 1.82) is 0 Å². The Morgan fingerprint density at radius 3 is 2.27 bits per heavy atom. The van der Waals surface area contributed by atoms with E-state index in [2.05, 4.69) is 10.6 Å². The van der Waals surface area contributed by atoms with Gasteiger partial charge in [-0.1, -0.05) is 30.3 Å². The number of hydrogen-bond donors (Lipinski definition) is 2. The predicted molar refractivity (Wildman–Crippen MR) is 125 cm³/mol. The monoisotopic (exact) mass is 474 g/mol. The first-order chi connectivity index (χ1) is 15.7. The van der Waals surface area contributed by atoms with E-state index in [1.165, 1.54) is 7.11 Å². The number of ether oxygens (including phenoxy) is 2. The molecule has 1 saturated heterocycles. The van der Waals surface area contributed by atoms with E-state index in [9.17, 15) is 18.0 Å². The van der Waals surface area contributed by atoms with Crippen LogP contribution < -0.4 is 15.4 Å². The Balaban J connectivity index is 1.65. The molecule has 1 aliphatic rings. The minimum Gasteiger partial charge on any atom is -0.492 e. The molecule has 2 aromatic rings. The smallest absolute Gasteiger partial charge is 0.337 e. The molecule has 1 amide bonds. The Bertz CT molecular complexity index is 1040. The molecule has 8 nitrogen and oxygen atoms in total. The van der Waals surface area contributed by atoms with Crippen LogP contribution in [0.25, 0.3) is 0 Å². The molecule has 1 fully saturated rings. The van der Waals surface area contributed by atoms with E-state index in [4.69, 9.17) is 9.47 Å². The van der Waals surface area contributed by atoms with Gasteiger partial charge in [-0.2, -0.15) is 0 Å². The number of carbonyl (C=O) groups is 2. The van der Waals surface area contributed by atoms with E-state index in [1.807, 2.05) is 37.3 Å². The molecule has 2 aromatic carbocycles. The Labute approximate surface area is 194 Å². The number of nitrogens with one attached hydrogen (secondary N) is 2. The van der Waals surface area contributed by atoms with Gasteiger partial charge < -0.3 is 14.8 Å². The van der Waals surface area contributed by atoms with Crippen molar-refractivity contribution in [2.24, 2.45) is 0 Å². The molecular weight excluding hydrogens is 444 g/mol. The van der Waals surface area contributed by atoms with Gasteiger partial charge in [0.05, 0.1) is 35.8 Å². The summed E-state index contributed by atoms with van der Waals surface area (Å²) in [6, 6.07) is 15.8. The van der Waals surface area contributed by atoms with Crippen LogP contribution in [-0.2, 0) is 19.4 Å². The van der Waals surface area contributed by atoms with Crippen molar-refractivity contribution in [3.8, 4) is 5.75 Å². The fraction of sp³-hybridized carbons (Fsp3) is 0.417. The van der Waals surface area contributed by atoms with Gasteiger partial charge in [-0.3, -0.25) is 10.1 Å². The number of hydrogen-bond acceptors (Lipinski definition) is 7. The molecule has 1 atom stereocenters. The molecule has 1 aliphatic heterocycles. The molecule has 2 N–H and O–H groups in total. The van der Waals surface area contributed by atoms with Crippen LogP contribution in [-0.4, -0.2) is 57.6 Å². The molecule has 9 heteroatoms. The van der Waals surface area contributed by atoms with Gasteiger partial charge in [0.1, 0.15) is 22.2 Å². The molecule has 0 bridgehead atoms. The lowest BCUT2D eigenvalue weighted by atomic mass is 9.90. The second kappa shape index (κ2) is 10.8. The molecule has 3 rings (SSSR count). The lowest BCUT2D eigenvalue weighted by molar-refractivity contribution is -0.128. The maximum absolute atomic E-state index is 13.3. The van der Waals surface area contributed by atoms with Gasteiger partial charge in [-0.15, -0.1) is 0 Å². The van der Waals surface area contributed by atoms with Gasteiger partial charge in [-0.25, -0.2) is 13.2 Å². The number of methoxy groups -OCH3 is 1. The number of rotatable bonds is 9. The van der Waals surface area contributed by atoms with Crippen molar-refractivity contribution in [2.45, 2.75) is 31.3 Å². The average molecular weight is 475 g/mol. The zero-order valence-corrected chi connectivity index (χ0v) is 19.7. The Hall–Kier alpha value is -2.91. The normalized spacial score (nSPS) is 17.5. The average Bonchev–Trinajstić information content (AvgIpc) is 2.83. The van der Waals surface area contributed by atoms with E-state index < -0.39 is 21.3 Å². The highest BCUT2D eigenvalue weighted by Gasteiger charge is 2.43. The molecule has 0 radical (unpaired) electrons. The second-order valence-corrected chi connectivity index (χ2v) is 10.4. The summed E-state index contributed by atoms with van der Waals surface area (Å²) < 4.78 is 34.4. The van der Waals surface area contributed by atoms with E-state index >= 15 is 0 Å². The number of benzene rings is 2. The molecule has 178 valence electrons. The second-order valence-electron chi connectivity index (χ2n) is 8.13. The van der Waals surface area contributed by atoms with Gasteiger partial charge in [0, 0.05) is 6.54 Å². The minimum atomic E-state index is -3.15. The fourth-order valence-electron chi connectivity index (χ4n) is 3.79. The SMILES string of the molecule is COC(=O)c1ccc([C@H](C)NC(=O)C2(NCCOc3ccccc3)CCS(=O)(=O)CC2)cc1. The van der Waals surface area contributed by atoms with Crippen LogP contribution in [0, 0.1) is 0 Å². The van der Waals surface area contributed by atoms with Crippen LogP contribution >= 0.6 is 0 Å². The summed E-state index contributed by atoms with van der Waals surface area (Å²) in [6.45, 7) is 2.58. The molecule has 0 spiro atoms. The lowest BCUT2D eigenvalue weighted by Gasteiger charge is -2.37. The van der Waals surface area contributed by atoms with Gasteiger partial charge in [0.15, 0.2) is 0 Å². The van der Waals surface area contributed by atoms with E-state index in [1.54, 1.807) is 24.3 Å². The molecule has 1 heterocycles. The van der Waals surface area contributed by atoms with Gasteiger partial charge in [0.2, 0.25) is 5.91 Å². The first kappa shape index (κ1) is 24.7. The summed E-state index contributed by atoms with van der Waals surface area (Å²) in [4.78, 5) is 24.9. The summed E-state index contributed by atoms with van der Waals surface area (Å²) in [5.41, 5.74) is 0.252. The van der Waals surface area contributed by atoms with Crippen molar-refractivity contribution in [3.05, 3.63) is 65.7 Å². The number of esters is 1. The fourth-order valence-corrected chi connectivity index (χ4v) is 5.31. The molecular formula is C24H30N2O6S. The number of carbonyl (C=O) groups excluding carboxylic acids is 2. The van der Waals surface area contributed by atoms with Gasteiger partial charge in [-0.05, 0) is 49.6 Å². The van der Waals surface area contributed by atoms with Crippen molar-refractivity contribution in [1.82, 2.24) is 10.6 Å². The zero-order chi connectivity index (χ0) is 23.9. The molecule has 33 heavy (non-hydrogen) atoms. The van der Waals surface area contributed by atoms with Crippen molar-refractivity contribution >= 4 is 21.7 Å². The maximum Gasteiger partial charge on any atom is 0.337 e. The van der Waals surface area contributed by atoms with Crippen molar-refractivity contribution < 1.29 is 27.5 Å². The molecule has 0 unspecified atom stereocenters. The Morgan fingerprint density at radius 2 is 1.67 bits per heavy atom. The van der Waals surface area contributed by atoms with Gasteiger partial charge in [0.25, 0.3) is 0 Å². The molecule has 0 aliphatic carbocycles. The largest absolute Gasteiger partial charge is 0.492 e. The number of sulfone groups is 1. The Morgan fingerprint density at radius 1 is 1.03 bits per heavy atom. The number of amides is 1. The first-order valence-corrected chi connectivity index (χ1v) is 12.7. The standard InChI is InChI=1S/C24H30N2O6S/c1-18(19-8-10-20(11-9-19)22(27)31-2)26-23(28)24(12-16-33(29,30)17-13-24)25-14-15-32-21-6-4-3-5-7-21/h3-11,18,25H,12-17H2,1-2H3,(H,26,28)/t18-/m0/s1. The number of para-hydroxylation sites is 1. The topological polar surface area (TPSA) is 111 Å². The van der Waals surface area contributed by atoms with Crippen LogP contribution in [0.1, 0.15) is 41.7 Å². The predicted octanol–water partition coefficient (Wildman–Crippen LogP) is 2.27. The zero-order valence-electron chi connectivity index (χ0n) is 18.9. The Kier molecular flexibility index (Phi) is 8.10. The van der Waals surface area contributed by atoms with Crippen molar-refractivity contribution in [3.63, 3.8) is 0 Å². The summed E-state index contributed by atoms with van der Waals surface area (Å²) in [5.74, 6) is -0.0399. The van der Waals surface area contributed by atoms with E-state index in [0.717, 1.165) is 11.3 Å². The van der Waals surface area contributed by atoms with Crippen molar-refractivity contribution in [2.75, 3.05) is 31.8 Å². The highest BCUT2D eigenvalue weighted by atomic mass is 32.2. The van der Waals surface area contributed by atoms with Crippen LogP contribution in [0.4, 0.5) is 0 Å². The molecule has 0 aromatic heterocycles. The van der Waals surface area contributed by atoms with Crippen LogP contribution in [0.2, 0.25) is 0 Å². The quantitative estimate of drug-likeness (QED) is 0.424. The van der Waals surface area contributed by atoms with E-state index in [-0.39, 0.29) is 36.3 Å². The van der Waals surface area contributed by atoms with E-state index in [0.29, 0.717) is 18.7 Å². The third kappa shape index (κ3) is 6.55. The van der Waals surface area contributed by atoms with Gasteiger partial charge >= 0.3 is 5.97 Å². The third-order valence-electron chi connectivity index (χ3n) is 5.87. The highest BCUT2D eigenvalue weighted by molar-refractivity contribution is 7.91. The summed E-state index contributed by atoms with van der Waals surface area (Å²) in [7, 11) is -1.83. The molecule has 0 saturated carbocycles. The highest BCUT2D eigenvalue weighted by Crippen LogP contribution is 2.26. The van der Waals surface area contributed by atoms with Crippen LogP contribution in [0.15, 0.2) is 54.6 Å². The van der Waals surface area contributed by atoms with Crippen LogP contribution in [0.5, 0.6) is 5.75 Å².